The minimum absolute atomic E-state index is 0.00254. The third-order valence-corrected chi connectivity index (χ3v) is 9.30. The summed E-state index contributed by atoms with van der Waals surface area (Å²) in [6.07, 6.45) is 6.76. The monoisotopic (exact) mass is 587 g/mol. The molecule has 2 aliphatic rings. The summed E-state index contributed by atoms with van der Waals surface area (Å²) in [5.41, 5.74) is 3.59. The molecule has 0 radical (unpaired) electrons. The van der Waals surface area contributed by atoms with Crippen LogP contribution in [0, 0.1) is 11.3 Å². The number of hydrogen-bond donors (Lipinski definition) is 1. The number of hydrogen-bond acceptors (Lipinski definition) is 6. The predicted octanol–water partition coefficient (Wildman–Crippen LogP) is 7.30. The van der Waals surface area contributed by atoms with E-state index in [2.05, 4.69) is 26.1 Å². The molecule has 7 nitrogen and oxygen atoms in total. The lowest BCUT2D eigenvalue weighted by Gasteiger charge is -2.33. The lowest BCUT2D eigenvalue weighted by atomic mass is 9.72. The summed E-state index contributed by atoms with van der Waals surface area (Å²) < 4.78 is 11.7. The molecule has 2 aromatic carbocycles. The first-order valence-corrected chi connectivity index (χ1v) is 15.8. The van der Waals surface area contributed by atoms with Crippen molar-refractivity contribution in [2.24, 2.45) is 16.3 Å². The van der Waals surface area contributed by atoms with Gasteiger partial charge in [-0.2, -0.15) is 0 Å². The number of nitrogens with one attached hydrogen (secondary N) is 1. The first kappa shape index (κ1) is 29.8. The number of likely N-dealkylation sites (tertiary alicyclic amines) is 1. The van der Waals surface area contributed by atoms with E-state index in [-0.39, 0.29) is 23.8 Å². The molecule has 1 fully saturated rings. The first-order chi connectivity index (χ1) is 20.2. The van der Waals surface area contributed by atoms with Crippen molar-refractivity contribution < 1.29 is 19.1 Å². The molecular weight excluding hydrogens is 546 g/mol. The van der Waals surface area contributed by atoms with Crippen molar-refractivity contribution >= 4 is 40.1 Å². The number of anilines is 1. The number of rotatable bonds is 9. The zero-order valence-electron chi connectivity index (χ0n) is 25.1. The minimum atomic E-state index is -0.124. The average molecular weight is 588 g/mol. The van der Waals surface area contributed by atoms with Crippen molar-refractivity contribution in [1.29, 1.82) is 0 Å². The zero-order chi connectivity index (χ0) is 29.7. The van der Waals surface area contributed by atoms with Crippen LogP contribution in [0.3, 0.4) is 0 Å². The van der Waals surface area contributed by atoms with Crippen molar-refractivity contribution in [2.75, 3.05) is 31.6 Å². The Hall–Kier alpha value is -3.65. The smallest absolute Gasteiger partial charge is 0.260 e. The second kappa shape index (κ2) is 13.1. The van der Waals surface area contributed by atoms with Gasteiger partial charge >= 0.3 is 0 Å². The summed E-state index contributed by atoms with van der Waals surface area (Å²) in [6, 6.07) is 15.1. The van der Waals surface area contributed by atoms with Gasteiger partial charge in [0.05, 0.1) is 12.2 Å². The van der Waals surface area contributed by atoms with E-state index in [1.807, 2.05) is 60.4 Å². The van der Waals surface area contributed by atoms with Crippen LogP contribution in [-0.2, 0) is 17.6 Å². The molecule has 1 saturated heterocycles. The van der Waals surface area contributed by atoms with Crippen LogP contribution in [0.4, 0.5) is 10.7 Å². The molecule has 1 aliphatic carbocycles. The molecule has 0 spiro atoms. The van der Waals surface area contributed by atoms with E-state index in [1.165, 1.54) is 4.88 Å². The van der Waals surface area contributed by atoms with Crippen molar-refractivity contribution in [3.63, 3.8) is 0 Å². The van der Waals surface area contributed by atoms with E-state index < -0.39 is 0 Å². The molecule has 3 aromatic rings. The fourth-order valence-corrected chi connectivity index (χ4v) is 6.94. The van der Waals surface area contributed by atoms with Gasteiger partial charge in [-0.1, -0.05) is 39.0 Å². The highest BCUT2D eigenvalue weighted by atomic mass is 32.1. The summed E-state index contributed by atoms with van der Waals surface area (Å²) in [5.74, 6) is 1.53. The van der Waals surface area contributed by atoms with Gasteiger partial charge in [0.15, 0.2) is 18.1 Å². The Morgan fingerprint density at radius 2 is 1.83 bits per heavy atom. The zero-order valence-corrected chi connectivity index (χ0v) is 25.9. The second-order valence-electron chi connectivity index (χ2n) is 12.1. The second-order valence-corrected chi connectivity index (χ2v) is 13.2. The van der Waals surface area contributed by atoms with Crippen LogP contribution in [0.2, 0.25) is 0 Å². The van der Waals surface area contributed by atoms with Gasteiger partial charge in [-0.15, -0.1) is 11.3 Å². The molecule has 2 heterocycles. The molecule has 5 rings (SSSR count). The molecule has 0 unspecified atom stereocenters. The number of nitrogens with zero attached hydrogens (tertiary/aromatic N) is 2. The third kappa shape index (κ3) is 7.04. The van der Waals surface area contributed by atoms with Gasteiger partial charge in [0.25, 0.3) is 11.8 Å². The standard InChI is InChI=1S/C34H41N3O4S/c1-5-40-28-19-23(13-16-27(28)41-22-30(38)37-17-9-10-18-37)21-35-33-31(32(39)36-25-11-7-6-8-12-25)26-15-14-24(34(2,3)4)20-29(26)42-33/h6-8,11-13,16,19,21,24H,5,9-10,14-15,17-18,20,22H2,1-4H3,(H,36,39)/t24-/m0/s1. The van der Waals surface area contributed by atoms with Crippen molar-refractivity contribution in [3.8, 4) is 11.5 Å². The van der Waals surface area contributed by atoms with E-state index in [0.717, 1.165) is 67.0 Å². The van der Waals surface area contributed by atoms with Crippen LogP contribution in [0.25, 0.3) is 0 Å². The highest BCUT2D eigenvalue weighted by Gasteiger charge is 2.33. The van der Waals surface area contributed by atoms with Gasteiger partial charge in [0, 0.05) is 29.9 Å². The van der Waals surface area contributed by atoms with Gasteiger partial charge in [0.1, 0.15) is 5.00 Å². The third-order valence-electron chi connectivity index (χ3n) is 8.14. The fraction of sp³-hybridized carbons (Fsp3) is 0.441. The maximum absolute atomic E-state index is 13.6. The van der Waals surface area contributed by atoms with Gasteiger partial charge in [-0.25, -0.2) is 4.99 Å². The number of carbonyl (C=O) groups is 2. The quantitative estimate of drug-likeness (QED) is 0.266. The predicted molar refractivity (Wildman–Crippen MR) is 170 cm³/mol. The molecule has 1 aliphatic heterocycles. The van der Waals surface area contributed by atoms with E-state index in [0.29, 0.717) is 29.6 Å². The van der Waals surface area contributed by atoms with Crippen LogP contribution in [0.1, 0.15) is 73.3 Å². The summed E-state index contributed by atoms with van der Waals surface area (Å²) in [5, 5.41) is 3.80. The highest BCUT2D eigenvalue weighted by molar-refractivity contribution is 7.16. The lowest BCUT2D eigenvalue weighted by Crippen LogP contribution is -2.32. The van der Waals surface area contributed by atoms with Gasteiger partial charge in [0.2, 0.25) is 0 Å². The lowest BCUT2D eigenvalue weighted by molar-refractivity contribution is -0.132. The molecule has 8 heteroatoms. The summed E-state index contributed by atoms with van der Waals surface area (Å²) in [6.45, 7) is 10.8. The number of fused-ring (bicyclic) bond motifs is 1. The Labute approximate surface area is 252 Å². The van der Waals surface area contributed by atoms with Crippen LogP contribution in [0.5, 0.6) is 11.5 Å². The average Bonchev–Trinajstić information content (AvgIpc) is 3.64. The van der Waals surface area contributed by atoms with E-state index in [1.54, 1.807) is 17.6 Å². The van der Waals surface area contributed by atoms with Crippen molar-refractivity contribution in [3.05, 3.63) is 70.1 Å². The summed E-state index contributed by atoms with van der Waals surface area (Å²) in [7, 11) is 0. The number of amides is 2. The van der Waals surface area contributed by atoms with Gasteiger partial charge in [-0.05, 0) is 91.8 Å². The molecule has 2 amide bonds. The molecule has 0 bridgehead atoms. The summed E-state index contributed by atoms with van der Waals surface area (Å²) in [4.78, 5) is 34.1. The first-order valence-electron chi connectivity index (χ1n) is 15.0. The number of benzene rings is 2. The maximum atomic E-state index is 13.6. The minimum Gasteiger partial charge on any atom is -0.490 e. The number of aliphatic imine (C=N–C) groups is 1. The largest absolute Gasteiger partial charge is 0.490 e. The Kier molecular flexibility index (Phi) is 9.31. The van der Waals surface area contributed by atoms with Crippen LogP contribution in [-0.4, -0.2) is 49.2 Å². The molecule has 222 valence electrons. The Morgan fingerprint density at radius 1 is 1.07 bits per heavy atom. The maximum Gasteiger partial charge on any atom is 0.260 e. The van der Waals surface area contributed by atoms with Crippen molar-refractivity contribution in [1.82, 2.24) is 4.90 Å². The SMILES string of the molecule is CCOc1cc(C=Nc2sc3c(c2C(=O)Nc2ccccc2)CC[C@H](C(C)(C)C)C3)ccc1OCC(=O)N1CCCC1. The van der Waals surface area contributed by atoms with Crippen molar-refractivity contribution in [2.45, 2.75) is 59.8 Å². The van der Waals surface area contributed by atoms with E-state index in [4.69, 9.17) is 14.5 Å². The highest BCUT2D eigenvalue weighted by Crippen LogP contribution is 2.45. The number of thiophene rings is 1. The molecule has 42 heavy (non-hydrogen) atoms. The fourth-order valence-electron chi connectivity index (χ4n) is 5.67. The molecule has 1 atom stereocenters. The molecular formula is C34H41N3O4S. The number of carbonyl (C=O) groups excluding carboxylic acids is 2. The van der Waals surface area contributed by atoms with Crippen LogP contribution >= 0.6 is 11.3 Å². The van der Waals surface area contributed by atoms with Gasteiger partial charge < -0.3 is 19.7 Å². The Balaban J connectivity index is 1.40. The number of para-hydroxylation sites is 1. The normalized spacial score (nSPS) is 16.9. The molecule has 1 N–H and O–H groups in total. The topological polar surface area (TPSA) is 80.2 Å². The Bertz CT molecular complexity index is 1430. The van der Waals surface area contributed by atoms with E-state index in [9.17, 15) is 9.59 Å². The number of ether oxygens (including phenoxy) is 2. The van der Waals surface area contributed by atoms with Gasteiger partial charge in [-0.3, -0.25) is 9.59 Å². The van der Waals surface area contributed by atoms with Crippen LogP contribution in [0.15, 0.2) is 53.5 Å². The van der Waals surface area contributed by atoms with Crippen LogP contribution < -0.4 is 14.8 Å². The molecule has 1 aromatic heterocycles. The summed E-state index contributed by atoms with van der Waals surface area (Å²) >= 11 is 1.62. The Morgan fingerprint density at radius 3 is 2.55 bits per heavy atom. The molecule has 0 saturated carbocycles. The van der Waals surface area contributed by atoms with E-state index >= 15 is 0 Å².